The maximum absolute atomic E-state index is 13.2. The van der Waals surface area contributed by atoms with Gasteiger partial charge in [0.25, 0.3) is 0 Å². The van der Waals surface area contributed by atoms with Crippen molar-refractivity contribution < 1.29 is 13.9 Å². The number of halogens is 1. The third-order valence-electron chi connectivity index (χ3n) is 3.78. The molecule has 0 aliphatic heterocycles. The Bertz CT molecular complexity index is 818. The molecule has 3 aromatic rings. The average molecular weight is 337 g/mol. The Kier molecular flexibility index (Phi) is 5.52. The lowest BCUT2D eigenvalue weighted by molar-refractivity contribution is 0.305. The second-order valence-electron chi connectivity index (χ2n) is 5.65. The van der Waals surface area contributed by atoms with E-state index in [-0.39, 0.29) is 5.82 Å². The van der Waals surface area contributed by atoms with Gasteiger partial charge in [-0.05, 0) is 59.7 Å². The summed E-state index contributed by atoms with van der Waals surface area (Å²) in [5, 5.41) is 3.36. The lowest BCUT2D eigenvalue weighted by Gasteiger charge is -2.10. The van der Waals surface area contributed by atoms with Gasteiger partial charge in [-0.1, -0.05) is 24.3 Å². The van der Waals surface area contributed by atoms with Crippen LogP contribution in [-0.4, -0.2) is 7.11 Å². The van der Waals surface area contributed by atoms with Crippen molar-refractivity contribution >= 4 is 5.69 Å². The zero-order valence-corrected chi connectivity index (χ0v) is 14.0. The minimum Gasteiger partial charge on any atom is -0.497 e. The highest BCUT2D eigenvalue weighted by molar-refractivity contribution is 5.47. The lowest BCUT2D eigenvalue weighted by atomic mass is 10.2. The molecule has 3 rings (SSSR count). The lowest BCUT2D eigenvalue weighted by Crippen LogP contribution is -2.00. The maximum Gasteiger partial charge on any atom is 0.123 e. The molecule has 0 bridgehead atoms. The SMILES string of the molecule is COc1ccc(NCc2cccc(OCc3cccc(F)c3)c2)cc1. The third-order valence-corrected chi connectivity index (χ3v) is 3.78. The molecule has 0 aliphatic carbocycles. The molecule has 25 heavy (non-hydrogen) atoms. The first-order chi connectivity index (χ1) is 12.2. The molecule has 0 heterocycles. The number of ether oxygens (including phenoxy) is 2. The molecular formula is C21H20FNO2. The van der Waals surface area contributed by atoms with Crippen LogP contribution in [0.25, 0.3) is 0 Å². The topological polar surface area (TPSA) is 30.5 Å². The van der Waals surface area contributed by atoms with Crippen LogP contribution in [0, 0.1) is 5.82 Å². The Morgan fingerprint density at radius 1 is 0.840 bits per heavy atom. The van der Waals surface area contributed by atoms with E-state index >= 15 is 0 Å². The second kappa shape index (κ2) is 8.20. The van der Waals surface area contributed by atoms with E-state index in [4.69, 9.17) is 9.47 Å². The number of benzene rings is 3. The highest BCUT2D eigenvalue weighted by atomic mass is 19.1. The van der Waals surface area contributed by atoms with Gasteiger partial charge in [0.2, 0.25) is 0 Å². The fourth-order valence-corrected chi connectivity index (χ4v) is 2.45. The van der Waals surface area contributed by atoms with Gasteiger partial charge in [0, 0.05) is 12.2 Å². The first-order valence-corrected chi connectivity index (χ1v) is 8.07. The molecule has 3 nitrogen and oxygen atoms in total. The summed E-state index contributed by atoms with van der Waals surface area (Å²) in [4.78, 5) is 0. The van der Waals surface area contributed by atoms with E-state index in [1.807, 2.05) is 54.6 Å². The van der Waals surface area contributed by atoms with Crippen LogP contribution in [0.2, 0.25) is 0 Å². The summed E-state index contributed by atoms with van der Waals surface area (Å²) in [5.74, 6) is 1.34. The van der Waals surface area contributed by atoms with E-state index in [2.05, 4.69) is 5.32 Å². The summed E-state index contributed by atoms with van der Waals surface area (Å²) in [6.45, 7) is 1.02. The fraction of sp³-hybridized carbons (Fsp3) is 0.143. The van der Waals surface area contributed by atoms with Crippen molar-refractivity contribution in [3.63, 3.8) is 0 Å². The monoisotopic (exact) mass is 337 g/mol. The molecule has 0 amide bonds. The number of hydrogen-bond donors (Lipinski definition) is 1. The highest BCUT2D eigenvalue weighted by Gasteiger charge is 2.00. The molecule has 0 aliphatic rings. The zero-order chi connectivity index (χ0) is 17.5. The predicted molar refractivity (Wildman–Crippen MR) is 97.5 cm³/mol. The number of methoxy groups -OCH3 is 1. The molecular weight excluding hydrogens is 317 g/mol. The fourth-order valence-electron chi connectivity index (χ4n) is 2.45. The first kappa shape index (κ1) is 16.8. The van der Waals surface area contributed by atoms with E-state index in [0.717, 1.165) is 28.3 Å². The molecule has 0 saturated carbocycles. The van der Waals surface area contributed by atoms with Crippen LogP contribution in [-0.2, 0) is 13.2 Å². The van der Waals surface area contributed by atoms with Crippen LogP contribution in [0.3, 0.4) is 0 Å². The van der Waals surface area contributed by atoms with Crippen LogP contribution >= 0.6 is 0 Å². The molecule has 4 heteroatoms. The molecule has 0 unspecified atom stereocenters. The van der Waals surface area contributed by atoms with Crippen molar-refractivity contribution in [2.75, 3.05) is 12.4 Å². The van der Waals surface area contributed by atoms with Gasteiger partial charge in [-0.3, -0.25) is 0 Å². The van der Waals surface area contributed by atoms with Gasteiger partial charge in [-0.15, -0.1) is 0 Å². The predicted octanol–water partition coefficient (Wildman–Crippen LogP) is 5.03. The Morgan fingerprint density at radius 2 is 1.60 bits per heavy atom. The normalized spacial score (nSPS) is 10.3. The number of anilines is 1. The van der Waals surface area contributed by atoms with E-state index in [9.17, 15) is 4.39 Å². The van der Waals surface area contributed by atoms with Crippen LogP contribution < -0.4 is 14.8 Å². The third kappa shape index (κ3) is 4.98. The summed E-state index contributed by atoms with van der Waals surface area (Å²) in [6, 6.07) is 22.1. The molecule has 0 radical (unpaired) electrons. The van der Waals surface area contributed by atoms with E-state index in [1.165, 1.54) is 12.1 Å². The van der Waals surface area contributed by atoms with Gasteiger partial charge in [-0.25, -0.2) is 4.39 Å². The smallest absolute Gasteiger partial charge is 0.123 e. The van der Waals surface area contributed by atoms with Gasteiger partial charge >= 0.3 is 0 Å². The largest absolute Gasteiger partial charge is 0.497 e. The van der Waals surface area contributed by atoms with Gasteiger partial charge in [-0.2, -0.15) is 0 Å². The van der Waals surface area contributed by atoms with Gasteiger partial charge in [0.1, 0.15) is 23.9 Å². The Hall–Kier alpha value is -3.01. The molecule has 1 N–H and O–H groups in total. The minimum absolute atomic E-state index is 0.251. The molecule has 0 fully saturated rings. The Morgan fingerprint density at radius 3 is 2.36 bits per heavy atom. The van der Waals surface area contributed by atoms with Gasteiger partial charge < -0.3 is 14.8 Å². The van der Waals surface area contributed by atoms with Crippen molar-refractivity contribution in [3.8, 4) is 11.5 Å². The summed E-state index contributed by atoms with van der Waals surface area (Å²) in [6.07, 6.45) is 0. The number of hydrogen-bond acceptors (Lipinski definition) is 3. The number of rotatable bonds is 7. The molecule has 128 valence electrons. The summed E-state index contributed by atoms with van der Waals surface area (Å²) in [5.41, 5.74) is 2.93. The van der Waals surface area contributed by atoms with Gasteiger partial charge in [0.05, 0.1) is 7.11 Å². The van der Waals surface area contributed by atoms with Crippen LogP contribution in [0.4, 0.5) is 10.1 Å². The van der Waals surface area contributed by atoms with Crippen LogP contribution in [0.15, 0.2) is 72.8 Å². The standard InChI is InChI=1S/C21H20FNO2/c1-24-20-10-8-19(9-11-20)23-14-16-4-3-7-21(13-16)25-15-17-5-2-6-18(22)12-17/h2-13,23H,14-15H2,1H3. The van der Waals surface area contributed by atoms with E-state index in [1.54, 1.807) is 13.2 Å². The minimum atomic E-state index is -0.251. The quantitative estimate of drug-likeness (QED) is 0.656. The second-order valence-corrected chi connectivity index (χ2v) is 5.65. The Labute approximate surface area is 147 Å². The van der Waals surface area contributed by atoms with Crippen molar-refractivity contribution in [3.05, 3.63) is 89.7 Å². The molecule has 0 saturated heterocycles. The molecule has 0 aromatic heterocycles. The van der Waals surface area contributed by atoms with Crippen molar-refractivity contribution in [1.29, 1.82) is 0 Å². The average Bonchev–Trinajstić information content (AvgIpc) is 2.65. The summed E-state index contributed by atoms with van der Waals surface area (Å²) in [7, 11) is 1.65. The summed E-state index contributed by atoms with van der Waals surface area (Å²) < 4.78 is 24.1. The van der Waals surface area contributed by atoms with Crippen LogP contribution in [0.5, 0.6) is 11.5 Å². The van der Waals surface area contributed by atoms with Crippen molar-refractivity contribution in [2.24, 2.45) is 0 Å². The van der Waals surface area contributed by atoms with Crippen molar-refractivity contribution in [1.82, 2.24) is 0 Å². The van der Waals surface area contributed by atoms with E-state index in [0.29, 0.717) is 13.2 Å². The highest BCUT2D eigenvalue weighted by Crippen LogP contribution is 2.18. The summed E-state index contributed by atoms with van der Waals surface area (Å²) >= 11 is 0. The first-order valence-electron chi connectivity index (χ1n) is 8.07. The molecule has 0 atom stereocenters. The Balaban J connectivity index is 1.57. The van der Waals surface area contributed by atoms with Crippen molar-refractivity contribution in [2.45, 2.75) is 13.2 Å². The zero-order valence-electron chi connectivity index (χ0n) is 14.0. The maximum atomic E-state index is 13.2. The molecule has 3 aromatic carbocycles. The molecule has 0 spiro atoms. The van der Waals surface area contributed by atoms with Crippen LogP contribution in [0.1, 0.15) is 11.1 Å². The number of nitrogens with one attached hydrogen (secondary N) is 1. The van der Waals surface area contributed by atoms with E-state index < -0.39 is 0 Å². The van der Waals surface area contributed by atoms with Gasteiger partial charge in [0.15, 0.2) is 0 Å².